The van der Waals surface area contributed by atoms with Gasteiger partial charge in [-0.15, -0.1) is 0 Å². The molecule has 0 unspecified atom stereocenters. The molecular formula is C16H20N4O2. The first kappa shape index (κ1) is 14.6. The molecule has 1 saturated heterocycles. The van der Waals surface area contributed by atoms with E-state index in [9.17, 15) is 4.79 Å². The van der Waals surface area contributed by atoms with E-state index in [4.69, 9.17) is 10.2 Å². The van der Waals surface area contributed by atoms with Crippen LogP contribution in [-0.4, -0.2) is 42.0 Å². The molecule has 1 aliphatic rings. The number of oxazole rings is 1. The number of anilines is 1. The number of amides is 1. The summed E-state index contributed by atoms with van der Waals surface area (Å²) in [6.07, 6.45) is 3.89. The van der Waals surface area contributed by atoms with Crippen LogP contribution in [0.4, 0.5) is 5.69 Å². The maximum absolute atomic E-state index is 12.0. The molecule has 6 nitrogen and oxygen atoms in total. The molecule has 0 radical (unpaired) electrons. The number of nitrogens with one attached hydrogen (secondary N) is 1. The van der Waals surface area contributed by atoms with Gasteiger partial charge in [-0.2, -0.15) is 0 Å². The van der Waals surface area contributed by atoms with Crippen molar-refractivity contribution < 1.29 is 9.21 Å². The highest BCUT2D eigenvalue weighted by Gasteiger charge is 2.15. The van der Waals surface area contributed by atoms with Crippen molar-refractivity contribution in [1.29, 1.82) is 0 Å². The standard InChI is InChI=1S/C16H20N4O2/c17-13-5-3-12(4-6-13)16-19-14(11-22-16)15(21)18-7-10-20-8-1-2-9-20/h3-6,11H,1-2,7-10,17H2,(H,18,21). The number of hydrogen-bond acceptors (Lipinski definition) is 5. The minimum atomic E-state index is -0.204. The van der Waals surface area contributed by atoms with Gasteiger partial charge in [0.15, 0.2) is 5.69 Å². The minimum absolute atomic E-state index is 0.204. The Balaban J connectivity index is 1.55. The molecule has 1 amide bonds. The number of aromatic nitrogens is 1. The second kappa shape index (κ2) is 6.62. The summed E-state index contributed by atoms with van der Waals surface area (Å²) in [6.45, 7) is 3.76. The number of hydrogen-bond donors (Lipinski definition) is 2. The first-order valence-corrected chi connectivity index (χ1v) is 7.54. The lowest BCUT2D eigenvalue weighted by molar-refractivity contribution is 0.0945. The zero-order valence-electron chi connectivity index (χ0n) is 12.4. The molecular weight excluding hydrogens is 280 g/mol. The molecule has 116 valence electrons. The van der Waals surface area contributed by atoms with E-state index in [1.54, 1.807) is 12.1 Å². The maximum Gasteiger partial charge on any atom is 0.273 e. The lowest BCUT2D eigenvalue weighted by atomic mass is 10.2. The quantitative estimate of drug-likeness (QED) is 0.822. The molecule has 2 heterocycles. The summed E-state index contributed by atoms with van der Waals surface area (Å²) in [5.41, 5.74) is 7.42. The van der Waals surface area contributed by atoms with Crippen molar-refractivity contribution >= 4 is 11.6 Å². The van der Waals surface area contributed by atoms with Gasteiger partial charge in [0, 0.05) is 24.3 Å². The summed E-state index contributed by atoms with van der Waals surface area (Å²) < 4.78 is 5.37. The average Bonchev–Trinajstić information content (AvgIpc) is 3.19. The Morgan fingerprint density at radius 1 is 1.27 bits per heavy atom. The molecule has 1 aliphatic heterocycles. The van der Waals surface area contributed by atoms with E-state index < -0.39 is 0 Å². The largest absolute Gasteiger partial charge is 0.444 e. The Morgan fingerprint density at radius 3 is 2.73 bits per heavy atom. The number of carbonyl (C=O) groups is 1. The van der Waals surface area contributed by atoms with Crippen LogP contribution < -0.4 is 11.1 Å². The van der Waals surface area contributed by atoms with E-state index >= 15 is 0 Å². The third-order valence-corrected chi connectivity index (χ3v) is 3.81. The van der Waals surface area contributed by atoms with Crippen molar-refractivity contribution in [2.45, 2.75) is 12.8 Å². The van der Waals surface area contributed by atoms with Gasteiger partial charge in [-0.05, 0) is 50.2 Å². The van der Waals surface area contributed by atoms with Crippen molar-refractivity contribution in [3.63, 3.8) is 0 Å². The maximum atomic E-state index is 12.0. The van der Waals surface area contributed by atoms with Crippen molar-refractivity contribution in [1.82, 2.24) is 15.2 Å². The number of carbonyl (C=O) groups excluding carboxylic acids is 1. The van der Waals surface area contributed by atoms with Crippen LogP contribution in [0.15, 0.2) is 34.9 Å². The number of benzene rings is 1. The van der Waals surface area contributed by atoms with Crippen LogP contribution in [0, 0.1) is 0 Å². The highest BCUT2D eigenvalue weighted by atomic mass is 16.3. The summed E-state index contributed by atoms with van der Waals surface area (Å²) in [4.78, 5) is 18.6. The molecule has 0 bridgehead atoms. The van der Waals surface area contributed by atoms with Gasteiger partial charge in [-0.3, -0.25) is 4.79 Å². The topological polar surface area (TPSA) is 84.4 Å². The summed E-state index contributed by atoms with van der Waals surface area (Å²) in [5, 5.41) is 2.88. The van der Waals surface area contributed by atoms with E-state index in [0.29, 0.717) is 23.8 Å². The fourth-order valence-electron chi connectivity index (χ4n) is 2.56. The molecule has 0 atom stereocenters. The van der Waals surface area contributed by atoms with Gasteiger partial charge in [0.2, 0.25) is 5.89 Å². The smallest absolute Gasteiger partial charge is 0.273 e. The average molecular weight is 300 g/mol. The normalized spacial score (nSPS) is 15.1. The molecule has 0 aliphatic carbocycles. The highest BCUT2D eigenvalue weighted by Crippen LogP contribution is 2.19. The predicted octanol–water partition coefficient (Wildman–Crippen LogP) is 1.75. The van der Waals surface area contributed by atoms with E-state index in [0.717, 1.165) is 25.2 Å². The van der Waals surface area contributed by atoms with Gasteiger partial charge in [0.1, 0.15) is 6.26 Å². The molecule has 1 fully saturated rings. The summed E-state index contributed by atoms with van der Waals surface area (Å²) >= 11 is 0. The molecule has 3 N–H and O–H groups in total. The van der Waals surface area contributed by atoms with Gasteiger partial charge in [-0.1, -0.05) is 0 Å². The van der Waals surface area contributed by atoms with Crippen molar-refractivity contribution in [3.05, 3.63) is 36.2 Å². The van der Waals surface area contributed by atoms with Gasteiger partial charge in [-0.25, -0.2) is 4.98 Å². The monoisotopic (exact) mass is 300 g/mol. The molecule has 6 heteroatoms. The Kier molecular flexibility index (Phi) is 4.39. The Morgan fingerprint density at radius 2 is 2.00 bits per heavy atom. The molecule has 22 heavy (non-hydrogen) atoms. The minimum Gasteiger partial charge on any atom is -0.444 e. The SMILES string of the molecule is Nc1ccc(-c2nc(C(=O)NCCN3CCCC3)co2)cc1. The summed E-state index contributed by atoms with van der Waals surface area (Å²) in [6, 6.07) is 7.18. The number of nitrogen functional groups attached to an aromatic ring is 1. The van der Waals surface area contributed by atoms with Crippen LogP contribution in [-0.2, 0) is 0 Å². The number of nitrogens with two attached hydrogens (primary N) is 1. The Labute approximate surface area is 129 Å². The van der Waals surface area contributed by atoms with E-state index in [-0.39, 0.29) is 5.91 Å². The number of likely N-dealkylation sites (tertiary alicyclic amines) is 1. The third-order valence-electron chi connectivity index (χ3n) is 3.81. The van der Waals surface area contributed by atoms with E-state index in [1.807, 2.05) is 12.1 Å². The zero-order valence-corrected chi connectivity index (χ0v) is 12.4. The summed E-state index contributed by atoms with van der Waals surface area (Å²) in [7, 11) is 0. The van der Waals surface area contributed by atoms with Crippen LogP contribution in [0.3, 0.4) is 0 Å². The van der Waals surface area contributed by atoms with Crippen LogP contribution in [0.5, 0.6) is 0 Å². The predicted molar refractivity (Wildman–Crippen MR) is 84.4 cm³/mol. The fraction of sp³-hybridized carbons (Fsp3) is 0.375. The molecule has 3 rings (SSSR count). The van der Waals surface area contributed by atoms with Crippen LogP contribution in [0.1, 0.15) is 23.3 Å². The fourth-order valence-corrected chi connectivity index (χ4v) is 2.56. The van der Waals surface area contributed by atoms with Crippen LogP contribution in [0.25, 0.3) is 11.5 Å². The van der Waals surface area contributed by atoms with Crippen molar-refractivity contribution in [2.24, 2.45) is 0 Å². The highest BCUT2D eigenvalue weighted by molar-refractivity contribution is 5.92. The molecule has 0 spiro atoms. The Bertz CT molecular complexity index is 630. The zero-order chi connectivity index (χ0) is 15.4. The van der Waals surface area contributed by atoms with Crippen molar-refractivity contribution in [3.8, 4) is 11.5 Å². The van der Waals surface area contributed by atoms with Crippen molar-refractivity contribution in [2.75, 3.05) is 31.9 Å². The second-order valence-corrected chi connectivity index (χ2v) is 5.46. The second-order valence-electron chi connectivity index (χ2n) is 5.46. The van der Waals surface area contributed by atoms with Crippen LogP contribution >= 0.6 is 0 Å². The molecule has 0 saturated carbocycles. The van der Waals surface area contributed by atoms with Gasteiger partial charge in [0.05, 0.1) is 0 Å². The van der Waals surface area contributed by atoms with Gasteiger partial charge in [0.25, 0.3) is 5.91 Å². The summed E-state index contributed by atoms with van der Waals surface area (Å²) in [5.74, 6) is 0.217. The van der Waals surface area contributed by atoms with Gasteiger partial charge < -0.3 is 20.4 Å². The lowest BCUT2D eigenvalue weighted by Crippen LogP contribution is -2.33. The lowest BCUT2D eigenvalue weighted by Gasteiger charge is -2.14. The number of nitrogens with zero attached hydrogens (tertiary/aromatic N) is 2. The molecule has 2 aromatic rings. The van der Waals surface area contributed by atoms with Gasteiger partial charge >= 0.3 is 0 Å². The first-order valence-electron chi connectivity index (χ1n) is 7.54. The van der Waals surface area contributed by atoms with Crippen LogP contribution in [0.2, 0.25) is 0 Å². The molecule has 1 aromatic carbocycles. The van der Waals surface area contributed by atoms with E-state index in [1.165, 1.54) is 19.1 Å². The Hall–Kier alpha value is -2.34. The first-order chi connectivity index (χ1) is 10.7. The number of rotatable bonds is 5. The van der Waals surface area contributed by atoms with E-state index in [2.05, 4.69) is 15.2 Å². The third kappa shape index (κ3) is 3.46. The molecule has 1 aromatic heterocycles.